The summed E-state index contributed by atoms with van der Waals surface area (Å²) in [5.41, 5.74) is 2.03. The fraction of sp³-hybridized carbons (Fsp3) is 0.208. The van der Waals surface area contributed by atoms with E-state index in [0.717, 1.165) is 11.1 Å². The van der Waals surface area contributed by atoms with E-state index in [1.54, 1.807) is 42.5 Å². The molecule has 31 heavy (non-hydrogen) atoms. The minimum absolute atomic E-state index is 0.183. The predicted molar refractivity (Wildman–Crippen MR) is 129 cm³/mol. The van der Waals surface area contributed by atoms with E-state index in [1.807, 2.05) is 32.0 Å². The molecule has 1 atom stereocenters. The third-order valence-corrected chi connectivity index (χ3v) is 5.64. The van der Waals surface area contributed by atoms with Crippen LogP contribution in [0.15, 0.2) is 60.7 Å². The van der Waals surface area contributed by atoms with Gasteiger partial charge >= 0.3 is 0 Å². The van der Waals surface area contributed by atoms with E-state index in [2.05, 4.69) is 5.32 Å². The van der Waals surface area contributed by atoms with Gasteiger partial charge in [0.15, 0.2) is 6.10 Å². The van der Waals surface area contributed by atoms with E-state index in [0.29, 0.717) is 43.9 Å². The van der Waals surface area contributed by atoms with Gasteiger partial charge in [-0.2, -0.15) is 0 Å². The number of ether oxygens (including phenoxy) is 1. The summed E-state index contributed by atoms with van der Waals surface area (Å²) >= 11 is 25.0. The van der Waals surface area contributed by atoms with Crippen molar-refractivity contribution in [2.45, 2.75) is 20.0 Å². The summed E-state index contributed by atoms with van der Waals surface area (Å²) < 4.78 is 6.28. The van der Waals surface area contributed by atoms with Crippen LogP contribution >= 0.6 is 46.4 Å². The average Bonchev–Trinajstić information content (AvgIpc) is 2.72. The molecular formula is C24H21Cl4NO2. The molecule has 3 aromatic rings. The van der Waals surface area contributed by atoms with Crippen molar-refractivity contribution < 1.29 is 9.53 Å². The number of halogens is 4. The summed E-state index contributed by atoms with van der Waals surface area (Å²) in [6.07, 6.45) is -0.555. The zero-order valence-electron chi connectivity index (χ0n) is 17.0. The molecule has 0 radical (unpaired) electrons. The topological polar surface area (TPSA) is 38.3 Å². The minimum Gasteiger partial charge on any atom is -0.479 e. The second-order valence-electron chi connectivity index (χ2n) is 7.46. The molecule has 1 amide bonds. The molecule has 1 N–H and O–H groups in total. The first-order valence-corrected chi connectivity index (χ1v) is 11.2. The van der Waals surface area contributed by atoms with Crippen LogP contribution < -0.4 is 10.1 Å². The normalized spacial score (nSPS) is 12.0. The predicted octanol–water partition coefficient (Wildman–Crippen LogP) is 7.85. The first kappa shape index (κ1) is 23.7. The Bertz CT molecular complexity index is 1070. The van der Waals surface area contributed by atoms with Crippen LogP contribution in [0.25, 0.3) is 0 Å². The molecule has 0 heterocycles. The molecule has 3 rings (SSSR count). The van der Waals surface area contributed by atoms with E-state index < -0.39 is 6.10 Å². The van der Waals surface area contributed by atoms with Crippen LogP contribution in [0.2, 0.25) is 20.1 Å². The van der Waals surface area contributed by atoms with Gasteiger partial charge in [-0.3, -0.25) is 4.79 Å². The third kappa shape index (κ3) is 6.30. The van der Waals surface area contributed by atoms with Crippen LogP contribution in [0.1, 0.15) is 41.4 Å². The maximum atomic E-state index is 12.3. The fourth-order valence-electron chi connectivity index (χ4n) is 2.93. The van der Waals surface area contributed by atoms with Crippen molar-refractivity contribution in [2.24, 2.45) is 5.92 Å². The smallest absolute Gasteiger partial charge is 0.251 e. The Hall–Kier alpha value is -1.91. The lowest BCUT2D eigenvalue weighted by Gasteiger charge is -2.22. The molecule has 0 spiro atoms. The van der Waals surface area contributed by atoms with E-state index in [9.17, 15) is 4.79 Å². The minimum atomic E-state index is -0.555. The molecule has 0 saturated carbocycles. The summed E-state index contributed by atoms with van der Waals surface area (Å²) in [5.74, 6) is 0.594. The number of rotatable bonds is 7. The zero-order chi connectivity index (χ0) is 22.5. The van der Waals surface area contributed by atoms with Gasteiger partial charge in [-0.25, -0.2) is 0 Å². The number of amides is 1. The molecule has 3 nitrogen and oxygen atoms in total. The molecule has 3 aromatic carbocycles. The fourth-order valence-corrected chi connectivity index (χ4v) is 3.78. The van der Waals surface area contributed by atoms with Crippen molar-refractivity contribution in [1.82, 2.24) is 5.32 Å². The molecule has 1 unspecified atom stereocenters. The highest BCUT2D eigenvalue weighted by atomic mass is 35.5. The standard InChI is InChI=1S/C24H21Cl4NO2/c1-14(2)13-29-24(30)16-5-10-22(21(28)11-16)31-23(15-3-6-17(25)7-4-15)19-9-8-18(26)12-20(19)27/h3-12,14,23H,13H2,1-2H3,(H,29,30). The van der Waals surface area contributed by atoms with Gasteiger partial charge in [-0.15, -0.1) is 0 Å². The van der Waals surface area contributed by atoms with Crippen molar-refractivity contribution in [2.75, 3.05) is 6.54 Å². The van der Waals surface area contributed by atoms with Crippen molar-refractivity contribution in [3.8, 4) is 5.75 Å². The Balaban J connectivity index is 1.92. The van der Waals surface area contributed by atoms with Gasteiger partial charge in [0, 0.05) is 32.7 Å². The lowest BCUT2D eigenvalue weighted by Crippen LogP contribution is -2.27. The van der Waals surface area contributed by atoms with Gasteiger partial charge in [-0.05, 0) is 53.9 Å². The molecule has 0 aliphatic carbocycles. The molecule has 0 saturated heterocycles. The van der Waals surface area contributed by atoms with Gasteiger partial charge in [0.05, 0.1) is 5.02 Å². The largest absolute Gasteiger partial charge is 0.479 e. The van der Waals surface area contributed by atoms with Crippen LogP contribution in [0.3, 0.4) is 0 Å². The second-order valence-corrected chi connectivity index (χ2v) is 9.15. The maximum absolute atomic E-state index is 12.3. The van der Waals surface area contributed by atoms with Crippen molar-refractivity contribution in [1.29, 1.82) is 0 Å². The summed E-state index contributed by atoms with van der Waals surface area (Å²) in [5, 5.41) is 4.80. The molecule has 162 valence electrons. The molecule has 0 fully saturated rings. The number of nitrogens with one attached hydrogen (secondary N) is 1. The van der Waals surface area contributed by atoms with Crippen LogP contribution in [0, 0.1) is 5.92 Å². The molecule has 7 heteroatoms. The number of hydrogen-bond acceptors (Lipinski definition) is 2. The second kappa shape index (κ2) is 10.6. The zero-order valence-corrected chi connectivity index (χ0v) is 20.0. The Morgan fingerprint density at radius 3 is 2.16 bits per heavy atom. The van der Waals surface area contributed by atoms with E-state index in [1.165, 1.54) is 0 Å². The molecule has 0 aliphatic rings. The lowest BCUT2D eigenvalue weighted by atomic mass is 10.0. The number of carbonyl (C=O) groups excluding carboxylic acids is 1. The maximum Gasteiger partial charge on any atom is 0.251 e. The first-order chi connectivity index (χ1) is 14.7. The highest BCUT2D eigenvalue weighted by molar-refractivity contribution is 6.35. The Morgan fingerprint density at radius 1 is 0.871 bits per heavy atom. The van der Waals surface area contributed by atoms with Gasteiger partial charge in [0.2, 0.25) is 0 Å². The quantitative estimate of drug-likeness (QED) is 0.361. The highest BCUT2D eigenvalue weighted by Crippen LogP contribution is 2.37. The van der Waals surface area contributed by atoms with Gasteiger partial charge in [-0.1, -0.05) is 78.5 Å². The number of carbonyl (C=O) groups is 1. The van der Waals surface area contributed by atoms with Gasteiger partial charge in [0.1, 0.15) is 5.75 Å². The van der Waals surface area contributed by atoms with Crippen LogP contribution in [-0.4, -0.2) is 12.5 Å². The highest BCUT2D eigenvalue weighted by Gasteiger charge is 2.21. The van der Waals surface area contributed by atoms with Crippen LogP contribution in [-0.2, 0) is 0 Å². The molecule has 0 aliphatic heterocycles. The monoisotopic (exact) mass is 495 g/mol. The summed E-state index contributed by atoms with van der Waals surface area (Å²) in [7, 11) is 0. The van der Waals surface area contributed by atoms with Gasteiger partial charge < -0.3 is 10.1 Å². The number of benzene rings is 3. The van der Waals surface area contributed by atoms with E-state index in [4.69, 9.17) is 51.1 Å². The average molecular weight is 497 g/mol. The molecule has 0 aromatic heterocycles. The molecule has 0 bridgehead atoms. The SMILES string of the molecule is CC(C)CNC(=O)c1ccc(OC(c2ccc(Cl)cc2)c2ccc(Cl)cc2Cl)c(Cl)c1. The van der Waals surface area contributed by atoms with E-state index >= 15 is 0 Å². The van der Waals surface area contributed by atoms with Crippen molar-refractivity contribution >= 4 is 52.3 Å². The number of hydrogen-bond donors (Lipinski definition) is 1. The van der Waals surface area contributed by atoms with Crippen molar-refractivity contribution in [3.63, 3.8) is 0 Å². The van der Waals surface area contributed by atoms with Crippen LogP contribution in [0.4, 0.5) is 0 Å². The van der Waals surface area contributed by atoms with Crippen LogP contribution in [0.5, 0.6) is 5.75 Å². The van der Waals surface area contributed by atoms with Crippen molar-refractivity contribution in [3.05, 3.63) is 97.4 Å². The third-order valence-electron chi connectivity index (χ3n) is 4.53. The summed E-state index contributed by atoms with van der Waals surface area (Å²) in [4.78, 5) is 12.3. The Morgan fingerprint density at radius 2 is 1.55 bits per heavy atom. The lowest BCUT2D eigenvalue weighted by molar-refractivity contribution is 0.0949. The first-order valence-electron chi connectivity index (χ1n) is 9.69. The van der Waals surface area contributed by atoms with Gasteiger partial charge in [0.25, 0.3) is 5.91 Å². The Labute approximate surface area is 202 Å². The summed E-state index contributed by atoms with van der Waals surface area (Å²) in [6, 6.07) is 17.5. The Kier molecular flexibility index (Phi) is 8.12. The molecular weight excluding hydrogens is 476 g/mol. The summed E-state index contributed by atoms with van der Waals surface area (Å²) in [6.45, 7) is 4.65. The van der Waals surface area contributed by atoms with E-state index in [-0.39, 0.29) is 5.91 Å².